The molecule has 0 aliphatic heterocycles. The van der Waals surface area contributed by atoms with Gasteiger partial charge in [0.1, 0.15) is 4.90 Å². The third-order valence-electron chi connectivity index (χ3n) is 4.40. The first kappa shape index (κ1) is 21.6. The fraction of sp³-hybridized carbons (Fsp3) is 0.667. The van der Waals surface area contributed by atoms with Crippen molar-refractivity contribution in [3.8, 4) is 0 Å². The number of ether oxygens (including phenoxy) is 1. The first-order valence-electron chi connectivity index (χ1n) is 9.57. The van der Waals surface area contributed by atoms with E-state index >= 15 is 0 Å². The molecule has 0 bridgehead atoms. The van der Waals surface area contributed by atoms with Gasteiger partial charge >= 0.3 is 0 Å². The molecule has 2 rings (SSSR count). The number of aromatic nitrogens is 1. The van der Waals surface area contributed by atoms with Crippen LogP contribution in [-0.2, 0) is 14.8 Å². The Labute approximate surface area is 162 Å². The maximum atomic E-state index is 12.1. The minimum Gasteiger partial charge on any atom is -0.378 e. The Morgan fingerprint density at radius 3 is 2.70 bits per heavy atom. The van der Waals surface area contributed by atoms with Gasteiger partial charge in [0.25, 0.3) is 0 Å². The highest BCUT2D eigenvalue weighted by Crippen LogP contribution is 2.20. The predicted molar refractivity (Wildman–Crippen MR) is 106 cm³/mol. The lowest BCUT2D eigenvalue weighted by Gasteiger charge is -2.22. The van der Waals surface area contributed by atoms with Crippen LogP contribution in [0.15, 0.2) is 34.4 Å². The Hall–Kier alpha value is -1.71. The molecule has 1 aromatic heterocycles. The van der Waals surface area contributed by atoms with Crippen LogP contribution in [0.2, 0.25) is 0 Å². The highest BCUT2D eigenvalue weighted by atomic mass is 32.2. The van der Waals surface area contributed by atoms with E-state index in [2.05, 4.69) is 25.3 Å². The molecule has 0 amide bonds. The van der Waals surface area contributed by atoms with E-state index in [4.69, 9.17) is 4.74 Å². The summed E-state index contributed by atoms with van der Waals surface area (Å²) in [6.45, 7) is 2.19. The number of hydrogen-bond acceptors (Lipinski definition) is 5. The van der Waals surface area contributed by atoms with Gasteiger partial charge in [0.2, 0.25) is 10.0 Å². The van der Waals surface area contributed by atoms with Crippen LogP contribution in [0.1, 0.15) is 38.5 Å². The number of hydrogen-bond donors (Lipinski definition) is 3. The van der Waals surface area contributed by atoms with Gasteiger partial charge in [-0.1, -0.05) is 19.3 Å². The van der Waals surface area contributed by atoms with E-state index in [1.165, 1.54) is 50.6 Å². The number of aliphatic imine (C=N–C) groups is 1. The van der Waals surface area contributed by atoms with Crippen molar-refractivity contribution in [2.45, 2.75) is 49.5 Å². The molecule has 0 spiro atoms. The van der Waals surface area contributed by atoms with Crippen molar-refractivity contribution in [1.29, 1.82) is 0 Å². The van der Waals surface area contributed by atoms with Crippen LogP contribution in [0.4, 0.5) is 0 Å². The van der Waals surface area contributed by atoms with Gasteiger partial charge in [-0.3, -0.25) is 9.98 Å². The fourth-order valence-electron chi connectivity index (χ4n) is 2.94. The van der Waals surface area contributed by atoms with E-state index in [9.17, 15) is 8.42 Å². The molecule has 1 heterocycles. The van der Waals surface area contributed by atoms with Crippen LogP contribution in [-0.4, -0.2) is 58.8 Å². The number of pyridine rings is 1. The van der Waals surface area contributed by atoms with E-state index in [-0.39, 0.29) is 11.4 Å². The van der Waals surface area contributed by atoms with Crippen LogP contribution in [0.5, 0.6) is 0 Å². The zero-order chi connectivity index (χ0) is 19.4. The number of guanidine groups is 1. The summed E-state index contributed by atoms with van der Waals surface area (Å²) in [6.07, 6.45) is 10.5. The van der Waals surface area contributed by atoms with Gasteiger partial charge in [0.05, 0.1) is 6.10 Å². The second kappa shape index (κ2) is 11.9. The third kappa shape index (κ3) is 8.23. The molecule has 1 fully saturated rings. The Bertz CT molecular complexity index is 661. The Balaban J connectivity index is 1.56. The summed E-state index contributed by atoms with van der Waals surface area (Å²) in [5.41, 5.74) is 0. The number of sulfonamides is 1. The van der Waals surface area contributed by atoms with Crippen molar-refractivity contribution in [2.24, 2.45) is 4.99 Å². The van der Waals surface area contributed by atoms with Gasteiger partial charge in [-0.25, -0.2) is 13.1 Å². The standard InChI is InChI=1S/C18H31N5O3S/c1-19-18(21-11-6-14-26-16-7-3-2-4-8-16)22-12-13-23-27(24,25)17-9-5-10-20-15-17/h5,9-10,15-16,23H,2-4,6-8,11-14H2,1H3,(H2,19,21,22). The van der Waals surface area contributed by atoms with Gasteiger partial charge in [-0.05, 0) is 31.4 Å². The molecule has 0 saturated heterocycles. The van der Waals surface area contributed by atoms with Gasteiger partial charge in [0.15, 0.2) is 5.96 Å². The second-order valence-electron chi connectivity index (χ2n) is 6.50. The van der Waals surface area contributed by atoms with Gasteiger partial charge < -0.3 is 15.4 Å². The molecular weight excluding hydrogens is 366 g/mol. The first-order chi connectivity index (χ1) is 13.1. The molecule has 1 aliphatic carbocycles. The summed E-state index contributed by atoms with van der Waals surface area (Å²) in [5, 5.41) is 6.30. The molecule has 0 unspecified atom stereocenters. The van der Waals surface area contributed by atoms with Gasteiger partial charge in [-0.15, -0.1) is 0 Å². The molecule has 0 atom stereocenters. The van der Waals surface area contributed by atoms with Crippen LogP contribution in [0, 0.1) is 0 Å². The normalized spacial score (nSPS) is 16.3. The fourth-order valence-corrected chi connectivity index (χ4v) is 3.93. The van der Waals surface area contributed by atoms with Crippen LogP contribution in [0.3, 0.4) is 0 Å². The zero-order valence-corrected chi connectivity index (χ0v) is 16.8. The van der Waals surface area contributed by atoms with Crippen molar-refractivity contribution in [1.82, 2.24) is 20.3 Å². The SMILES string of the molecule is CN=C(NCCCOC1CCCCC1)NCCNS(=O)(=O)c1cccnc1. The van der Waals surface area contributed by atoms with E-state index in [1.807, 2.05) is 0 Å². The summed E-state index contributed by atoms with van der Waals surface area (Å²) in [4.78, 5) is 8.12. The lowest BCUT2D eigenvalue weighted by molar-refractivity contribution is 0.0277. The van der Waals surface area contributed by atoms with E-state index < -0.39 is 10.0 Å². The van der Waals surface area contributed by atoms with Gasteiger partial charge in [-0.2, -0.15) is 0 Å². The molecular formula is C18H31N5O3S. The van der Waals surface area contributed by atoms with E-state index in [0.717, 1.165) is 19.6 Å². The molecule has 3 N–H and O–H groups in total. The number of rotatable bonds is 10. The summed E-state index contributed by atoms with van der Waals surface area (Å²) in [5.74, 6) is 0.647. The molecule has 8 nitrogen and oxygen atoms in total. The van der Waals surface area contributed by atoms with Crippen molar-refractivity contribution in [3.05, 3.63) is 24.5 Å². The summed E-state index contributed by atoms with van der Waals surface area (Å²) in [6, 6.07) is 3.11. The monoisotopic (exact) mass is 397 g/mol. The average molecular weight is 398 g/mol. The van der Waals surface area contributed by atoms with Crippen molar-refractivity contribution < 1.29 is 13.2 Å². The lowest BCUT2D eigenvalue weighted by Crippen LogP contribution is -2.42. The zero-order valence-electron chi connectivity index (χ0n) is 16.0. The van der Waals surface area contributed by atoms with Crippen molar-refractivity contribution in [3.63, 3.8) is 0 Å². The molecule has 1 aromatic rings. The van der Waals surface area contributed by atoms with Crippen LogP contribution in [0.25, 0.3) is 0 Å². The molecule has 1 saturated carbocycles. The van der Waals surface area contributed by atoms with Crippen LogP contribution >= 0.6 is 0 Å². The Kier molecular flexibility index (Phi) is 9.51. The van der Waals surface area contributed by atoms with Gasteiger partial charge in [0, 0.05) is 45.7 Å². The minimum atomic E-state index is -3.53. The molecule has 27 heavy (non-hydrogen) atoms. The van der Waals surface area contributed by atoms with Crippen molar-refractivity contribution >= 4 is 16.0 Å². The summed E-state index contributed by atoms with van der Waals surface area (Å²) in [7, 11) is -1.84. The Morgan fingerprint density at radius 2 is 2.00 bits per heavy atom. The maximum Gasteiger partial charge on any atom is 0.242 e. The highest BCUT2D eigenvalue weighted by molar-refractivity contribution is 7.89. The molecule has 152 valence electrons. The topological polar surface area (TPSA) is 105 Å². The molecule has 1 aliphatic rings. The Morgan fingerprint density at radius 1 is 1.22 bits per heavy atom. The molecule has 0 aromatic carbocycles. The smallest absolute Gasteiger partial charge is 0.242 e. The van der Waals surface area contributed by atoms with Crippen molar-refractivity contribution in [2.75, 3.05) is 33.3 Å². The maximum absolute atomic E-state index is 12.1. The predicted octanol–water partition coefficient (Wildman–Crippen LogP) is 1.26. The second-order valence-corrected chi connectivity index (χ2v) is 8.26. The minimum absolute atomic E-state index is 0.158. The first-order valence-corrected chi connectivity index (χ1v) is 11.1. The molecule has 9 heteroatoms. The third-order valence-corrected chi connectivity index (χ3v) is 5.84. The van der Waals surface area contributed by atoms with E-state index in [0.29, 0.717) is 18.6 Å². The lowest BCUT2D eigenvalue weighted by atomic mass is 9.98. The summed E-state index contributed by atoms with van der Waals surface area (Å²) >= 11 is 0. The van der Waals surface area contributed by atoms with Crippen LogP contribution < -0.4 is 15.4 Å². The number of nitrogens with zero attached hydrogens (tertiary/aromatic N) is 2. The molecule has 0 radical (unpaired) electrons. The largest absolute Gasteiger partial charge is 0.378 e. The number of nitrogens with one attached hydrogen (secondary N) is 3. The average Bonchev–Trinajstić information content (AvgIpc) is 2.70. The highest BCUT2D eigenvalue weighted by Gasteiger charge is 2.14. The quantitative estimate of drug-likeness (QED) is 0.312. The van der Waals surface area contributed by atoms with E-state index in [1.54, 1.807) is 13.1 Å². The summed E-state index contributed by atoms with van der Waals surface area (Å²) < 4.78 is 32.6.